The van der Waals surface area contributed by atoms with Crippen molar-refractivity contribution in [1.82, 2.24) is 0 Å². The third-order valence-electron chi connectivity index (χ3n) is 27.9. The second-order valence-corrected chi connectivity index (χ2v) is 57.9. The third kappa shape index (κ3) is 20.0. The Morgan fingerprint density at radius 1 is 0.133 bits per heavy atom. The Hall–Kier alpha value is -10.5. The summed E-state index contributed by atoms with van der Waals surface area (Å²) >= 11 is 31.0. The molecule has 0 bridgehead atoms. The molecule has 0 saturated heterocycles. The van der Waals surface area contributed by atoms with Gasteiger partial charge in [-0.05, 0) is 349 Å². The lowest BCUT2D eigenvalue weighted by molar-refractivity contribution is 1.47. The lowest BCUT2D eigenvalue weighted by atomic mass is 9.92. The van der Waals surface area contributed by atoms with Gasteiger partial charge in [0.25, 0.3) is 0 Å². The van der Waals surface area contributed by atoms with Crippen LogP contribution in [-0.2, 0) is 0 Å². The maximum absolute atomic E-state index is 2.48. The SMILES string of the molecule is CC.CC.Cc1cc(C)c(-c2cc3c(-c4ccccc4)c4sc(-c5sc(C)cc5C)cc4c(-c4ccccc4)c3s2)s1.Cc1cc(C)c(-c2cc3c(C)c4sc(-c5sc(C)cc5C)cc4c(C)c3s2)s1.Cc1ccc(-c2c3cc(-c4sc(C)cc4C)sc3c(-c3ccc(C)cc3)c3cc(-c4sc(C)cc4C)sc23)cc1.Cc1ccc(-c2c3cc(-c4sc(C)cc4C)sc3c(-c3ccc(C)cc3)c3cc(-c4sc(C)cc4C)sc23)cc1. The molecule has 0 spiro atoms. The molecule has 0 nitrogen and oxygen atoms in total. The molecule has 0 amide bonds. The highest BCUT2D eigenvalue weighted by Gasteiger charge is 2.31. The zero-order valence-electron chi connectivity index (χ0n) is 89.8. The molecule has 0 saturated carbocycles. The fraction of sp³-hybridized carbons (Fsp3) is 0.194. The van der Waals surface area contributed by atoms with Crippen molar-refractivity contribution in [1.29, 1.82) is 0 Å². The largest absolute Gasteiger partial charge is 0.139 e. The van der Waals surface area contributed by atoms with Crippen molar-refractivity contribution in [3.8, 4) is 145 Å². The molecular weight excluding hydrogens is 2120 g/mol. The van der Waals surface area contributed by atoms with Gasteiger partial charge in [-0.1, -0.05) is 208 Å². The van der Waals surface area contributed by atoms with Crippen LogP contribution in [0.3, 0.4) is 0 Å². The molecule has 16 heterocycles. The van der Waals surface area contributed by atoms with Crippen LogP contribution in [0.15, 0.2) is 255 Å². The van der Waals surface area contributed by atoms with Crippen LogP contribution in [0.1, 0.15) is 145 Å². The first kappa shape index (κ1) is 105. The molecule has 150 heavy (non-hydrogen) atoms. The van der Waals surface area contributed by atoms with E-state index in [0.29, 0.717) is 0 Å². The Morgan fingerprint density at radius 3 is 0.420 bits per heavy atom. The Balaban J connectivity index is 0.000000116. The second kappa shape index (κ2) is 43.4. The molecule has 0 radical (unpaired) electrons. The predicted molar refractivity (Wildman–Crippen MR) is 695 cm³/mol. The highest BCUT2D eigenvalue weighted by Crippen LogP contribution is 2.60. The van der Waals surface area contributed by atoms with E-state index in [-0.39, 0.29) is 0 Å². The van der Waals surface area contributed by atoms with Gasteiger partial charge in [0.05, 0.1) is 0 Å². The standard InChI is InChI=1S/2C36H30S4.C34H26S4.C24H22S4.2C2H6/c2*1-19-7-11-25(12-8-19)31-27-17-29(33-21(3)15-23(5)37-33)40-36(27)32(26-13-9-20(2)10-14-26)28-18-30(39-35(28)31)34-22(4)16-24(6)38-34;1-19-15-21(3)35-31(19)27-17-25-29(23-11-7-5-8-12-23)34-26(18-28(38-34)32-20(2)16-22(4)36-32)30(33(25)37-27)24-13-9-6-10-14-24;1-11-7-13(3)25-21(11)19-9-17-15(5)24-18(16(6)23(17)27-19)10-20(28-24)22-12(2)8-14(4)26-22;2*1-2/h2*7-18H,1-6H3;5-18H,1-4H3;7-10H,1-6H3;2*1-2H3. The monoisotopic (exact) mass is 2240 g/mol. The average molecular weight is 2240 g/mol. The van der Waals surface area contributed by atoms with Crippen LogP contribution in [0.2, 0.25) is 0 Å². The van der Waals surface area contributed by atoms with Crippen molar-refractivity contribution in [2.24, 2.45) is 0 Å². The Labute approximate surface area is 948 Å². The van der Waals surface area contributed by atoms with E-state index in [1.807, 2.05) is 209 Å². The van der Waals surface area contributed by atoms with E-state index in [9.17, 15) is 0 Å². The van der Waals surface area contributed by atoms with Crippen LogP contribution in [-0.4, -0.2) is 0 Å². The molecule has 0 unspecified atom stereocenters. The van der Waals surface area contributed by atoms with Crippen LogP contribution in [0.25, 0.3) is 225 Å². The number of hydrogen-bond donors (Lipinski definition) is 0. The van der Waals surface area contributed by atoms with Crippen LogP contribution >= 0.6 is 181 Å². The molecule has 0 atom stereocenters. The second-order valence-electron chi connectivity index (χ2n) is 39.5. The zero-order valence-corrected chi connectivity index (χ0v) is 103. The summed E-state index contributed by atoms with van der Waals surface area (Å²) in [4.78, 5) is 33.3. The molecule has 10 aromatic carbocycles. The number of thiophene rings is 16. The first-order chi connectivity index (χ1) is 72.3. The maximum Gasteiger partial charge on any atom is 0.0475 e. The highest BCUT2D eigenvalue weighted by atomic mass is 32.2. The minimum atomic E-state index is 1.29. The molecule has 0 aliphatic rings. The summed E-state index contributed by atoms with van der Waals surface area (Å²) < 4.78 is 11.2. The first-order valence-corrected chi connectivity index (χ1v) is 64.4. The van der Waals surface area contributed by atoms with Crippen molar-refractivity contribution in [3.05, 3.63) is 372 Å². The van der Waals surface area contributed by atoms with E-state index >= 15 is 0 Å². The van der Waals surface area contributed by atoms with E-state index in [1.54, 1.807) is 0 Å². The van der Waals surface area contributed by atoms with E-state index < -0.39 is 0 Å². The molecule has 0 aliphatic heterocycles. The summed E-state index contributed by atoms with van der Waals surface area (Å²) in [5.41, 5.74) is 35.1. The zero-order chi connectivity index (χ0) is 105. The molecule has 26 rings (SSSR count). The lowest BCUT2D eigenvalue weighted by Crippen LogP contribution is -1.86. The quantitative estimate of drug-likeness (QED) is 0.102. The van der Waals surface area contributed by atoms with Crippen molar-refractivity contribution >= 4 is 262 Å². The summed E-state index contributed by atoms with van der Waals surface area (Å²) in [6.07, 6.45) is 0. The van der Waals surface area contributed by atoms with Gasteiger partial charge in [0.15, 0.2) is 0 Å². The van der Waals surface area contributed by atoms with E-state index in [4.69, 9.17) is 0 Å². The third-order valence-corrected chi connectivity index (χ3v) is 48.0. The van der Waals surface area contributed by atoms with Crippen molar-refractivity contribution in [2.75, 3.05) is 0 Å². The van der Waals surface area contributed by atoms with E-state index in [0.717, 1.165) is 0 Å². The molecular formula is C134H120S16. The molecule has 26 aromatic rings. The summed E-state index contributed by atoms with van der Waals surface area (Å²) in [5.74, 6) is 0. The molecule has 752 valence electrons. The van der Waals surface area contributed by atoms with Gasteiger partial charge in [-0.3, -0.25) is 0 Å². The van der Waals surface area contributed by atoms with Crippen LogP contribution < -0.4 is 0 Å². The topological polar surface area (TPSA) is 0 Å². The minimum Gasteiger partial charge on any atom is -0.139 e. The van der Waals surface area contributed by atoms with Crippen molar-refractivity contribution in [3.63, 3.8) is 0 Å². The fourth-order valence-corrected chi connectivity index (χ4v) is 40.7. The minimum absolute atomic E-state index is 1.29. The number of hydrogen-bond acceptors (Lipinski definition) is 16. The summed E-state index contributed by atoms with van der Waals surface area (Å²) in [7, 11) is 0. The van der Waals surface area contributed by atoms with E-state index in [1.165, 1.54) is 342 Å². The molecule has 0 aliphatic carbocycles. The number of rotatable bonds is 14. The van der Waals surface area contributed by atoms with Crippen LogP contribution in [0.4, 0.5) is 0 Å². The number of benzene rings is 10. The van der Waals surface area contributed by atoms with Gasteiger partial charge in [-0.15, -0.1) is 181 Å². The van der Waals surface area contributed by atoms with E-state index in [2.05, 4.69) is 407 Å². The van der Waals surface area contributed by atoms with Gasteiger partial charge >= 0.3 is 0 Å². The van der Waals surface area contributed by atoms with Gasteiger partial charge in [-0.25, -0.2) is 0 Å². The molecule has 16 aromatic heterocycles. The number of aryl methyl sites for hydroxylation is 22. The summed E-state index contributed by atoms with van der Waals surface area (Å²) in [6, 6.07) is 96.7. The van der Waals surface area contributed by atoms with Crippen LogP contribution in [0.5, 0.6) is 0 Å². The van der Waals surface area contributed by atoms with Gasteiger partial charge in [0.1, 0.15) is 0 Å². The van der Waals surface area contributed by atoms with Gasteiger partial charge in [0, 0.05) is 220 Å². The van der Waals surface area contributed by atoms with Crippen LogP contribution in [0, 0.1) is 152 Å². The predicted octanol–water partition coefficient (Wildman–Crippen LogP) is 49.1. The smallest absolute Gasteiger partial charge is 0.0475 e. The molecule has 16 heteroatoms. The van der Waals surface area contributed by atoms with Crippen molar-refractivity contribution < 1.29 is 0 Å². The summed E-state index contributed by atoms with van der Waals surface area (Å²) in [5, 5.41) is 11.1. The Bertz CT molecular complexity index is 8510. The van der Waals surface area contributed by atoms with Gasteiger partial charge in [0.2, 0.25) is 0 Å². The Kier molecular flexibility index (Phi) is 30.5. The molecule has 0 fully saturated rings. The fourth-order valence-electron chi connectivity index (χ4n) is 21.2. The highest BCUT2D eigenvalue weighted by molar-refractivity contribution is 7.32. The Morgan fingerprint density at radius 2 is 0.273 bits per heavy atom. The summed E-state index contributed by atoms with van der Waals surface area (Å²) in [6.45, 7) is 57.0. The average Bonchev–Trinajstić information content (AvgIpc) is 1.58. The molecule has 0 N–H and O–H groups in total. The van der Waals surface area contributed by atoms with Crippen molar-refractivity contribution in [2.45, 2.75) is 180 Å². The number of fused-ring (bicyclic) bond motifs is 8. The van der Waals surface area contributed by atoms with Gasteiger partial charge < -0.3 is 0 Å². The van der Waals surface area contributed by atoms with Gasteiger partial charge in [-0.2, -0.15) is 0 Å². The first-order valence-electron chi connectivity index (χ1n) is 51.4. The normalized spacial score (nSPS) is 11.5. The maximum atomic E-state index is 2.48. The lowest BCUT2D eigenvalue weighted by Gasteiger charge is -2.12.